The van der Waals surface area contributed by atoms with E-state index in [0.717, 1.165) is 61.4 Å². The zero-order chi connectivity index (χ0) is 33.7. The van der Waals surface area contributed by atoms with E-state index in [4.69, 9.17) is 4.42 Å². The molecular weight excluding hydrogens is 621 g/mol. The Morgan fingerprint density at radius 2 is 0.980 bits per heavy atom. The van der Waals surface area contributed by atoms with Gasteiger partial charge in [-0.3, -0.25) is 0 Å². The van der Waals surface area contributed by atoms with Crippen molar-refractivity contribution in [2.24, 2.45) is 0 Å². The lowest BCUT2D eigenvalue weighted by molar-refractivity contribution is 0.669. The monoisotopic (exact) mass is 652 g/mol. The zero-order valence-corrected chi connectivity index (χ0v) is 27.8. The maximum absolute atomic E-state index is 6.30. The number of hydrogen-bond donors (Lipinski definition) is 0. The highest BCUT2D eigenvalue weighted by molar-refractivity contribution is 6.14. The predicted molar refractivity (Wildman–Crippen MR) is 214 cm³/mol. The molecule has 0 saturated carbocycles. The molecule has 0 amide bonds. The van der Waals surface area contributed by atoms with E-state index in [9.17, 15) is 0 Å². The molecule has 3 nitrogen and oxygen atoms in total. The maximum Gasteiger partial charge on any atom is 0.136 e. The molecule has 3 heteroatoms. The van der Waals surface area contributed by atoms with Crippen molar-refractivity contribution >= 4 is 60.8 Å². The number of fused-ring (bicyclic) bond motifs is 6. The van der Waals surface area contributed by atoms with Crippen molar-refractivity contribution in [3.05, 3.63) is 194 Å². The van der Waals surface area contributed by atoms with E-state index >= 15 is 0 Å². The Morgan fingerprint density at radius 3 is 1.76 bits per heavy atom. The summed E-state index contributed by atoms with van der Waals surface area (Å²) < 4.78 is 8.67. The molecule has 0 spiro atoms. The van der Waals surface area contributed by atoms with Gasteiger partial charge >= 0.3 is 0 Å². The van der Waals surface area contributed by atoms with Crippen molar-refractivity contribution in [1.29, 1.82) is 0 Å². The molecule has 0 atom stereocenters. The number of nitrogens with zero attached hydrogens (tertiary/aromatic N) is 2. The topological polar surface area (TPSA) is 21.3 Å². The van der Waals surface area contributed by atoms with Gasteiger partial charge in [-0.05, 0) is 83.4 Å². The van der Waals surface area contributed by atoms with E-state index in [0.29, 0.717) is 0 Å². The van der Waals surface area contributed by atoms with E-state index in [1.165, 1.54) is 27.4 Å². The highest BCUT2D eigenvalue weighted by atomic mass is 16.3. The van der Waals surface area contributed by atoms with Gasteiger partial charge in [0.05, 0.1) is 16.7 Å². The zero-order valence-electron chi connectivity index (χ0n) is 27.8. The first-order valence-corrected chi connectivity index (χ1v) is 17.4. The van der Waals surface area contributed by atoms with Crippen molar-refractivity contribution in [2.45, 2.75) is 0 Å². The first-order chi connectivity index (χ1) is 25.3. The molecule has 0 aliphatic carbocycles. The van der Waals surface area contributed by atoms with E-state index in [1.807, 2.05) is 12.1 Å². The van der Waals surface area contributed by atoms with Crippen LogP contribution in [-0.2, 0) is 0 Å². The van der Waals surface area contributed by atoms with E-state index < -0.39 is 0 Å². The fraction of sp³-hybridized carbons (Fsp3) is 0. The molecule has 10 rings (SSSR count). The van der Waals surface area contributed by atoms with Gasteiger partial charge < -0.3 is 13.9 Å². The molecule has 240 valence electrons. The van der Waals surface area contributed by atoms with E-state index in [-0.39, 0.29) is 0 Å². The van der Waals surface area contributed by atoms with Crippen LogP contribution in [0.25, 0.3) is 71.7 Å². The van der Waals surface area contributed by atoms with Crippen LogP contribution in [0.5, 0.6) is 0 Å². The Morgan fingerprint density at radius 1 is 0.392 bits per heavy atom. The van der Waals surface area contributed by atoms with Crippen LogP contribution < -0.4 is 4.90 Å². The minimum atomic E-state index is 0.891. The van der Waals surface area contributed by atoms with Gasteiger partial charge in [0.2, 0.25) is 0 Å². The molecule has 0 fully saturated rings. The fourth-order valence-electron chi connectivity index (χ4n) is 7.73. The van der Waals surface area contributed by atoms with Gasteiger partial charge in [-0.25, -0.2) is 0 Å². The Labute approximate surface area is 295 Å². The number of aromatic nitrogens is 1. The Kier molecular flexibility index (Phi) is 6.81. The average Bonchev–Trinajstić information content (AvgIpc) is 3.75. The summed E-state index contributed by atoms with van der Waals surface area (Å²) in [4.78, 5) is 2.36. The molecular formula is C48H32N2O. The van der Waals surface area contributed by atoms with Gasteiger partial charge in [0.25, 0.3) is 0 Å². The van der Waals surface area contributed by atoms with Crippen molar-refractivity contribution in [3.8, 4) is 27.9 Å². The van der Waals surface area contributed by atoms with Gasteiger partial charge in [-0.1, -0.05) is 127 Å². The SMILES string of the molecule is c1ccc(N(c2ccc(-c3cccc(-n4c5ccccc5c5ccccc54)c3)cc2)c2ccccc2-c2cccc3oc4ccccc4c23)cc1. The van der Waals surface area contributed by atoms with Crippen LogP contribution in [0.3, 0.4) is 0 Å². The molecule has 0 N–H and O–H groups in total. The number of benzene rings is 8. The molecule has 0 aliphatic rings. The summed E-state index contributed by atoms with van der Waals surface area (Å²) in [5.41, 5.74) is 13.3. The molecule has 10 aromatic rings. The van der Waals surface area contributed by atoms with Gasteiger partial charge in [0, 0.05) is 44.2 Å². The third-order valence-corrected chi connectivity index (χ3v) is 10.00. The largest absolute Gasteiger partial charge is 0.456 e. The summed E-state index contributed by atoms with van der Waals surface area (Å²) in [5.74, 6) is 0. The van der Waals surface area contributed by atoms with Crippen molar-refractivity contribution in [3.63, 3.8) is 0 Å². The third kappa shape index (κ3) is 4.82. The summed E-state index contributed by atoms with van der Waals surface area (Å²) in [7, 11) is 0. The summed E-state index contributed by atoms with van der Waals surface area (Å²) in [6.07, 6.45) is 0. The summed E-state index contributed by atoms with van der Waals surface area (Å²) in [6.45, 7) is 0. The third-order valence-electron chi connectivity index (χ3n) is 10.00. The fourth-order valence-corrected chi connectivity index (χ4v) is 7.73. The van der Waals surface area contributed by atoms with Gasteiger partial charge in [0.15, 0.2) is 0 Å². The first kappa shape index (κ1) is 29.1. The Bertz CT molecular complexity index is 2810. The molecule has 2 heterocycles. The molecule has 8 aromatic carbocycles. The number of hydrogen-bond acceptors (Lipinski definition) is 2. The second-order valence-corrected chi connectivity index (χ2v) is 12.9. The lowest BCUT2D eigenvalue weighted by Crippen LogP contribution is -2.11. The molecule has 0 bridgehead atoms. The lowest BCUT2D eigenvalue weighted by atomic mass is 9.96. The van der Waals surface area contributed by atoms with Crippen molar-refractivity contribution < 1.29 is 4.42 Å². The lowest BCUT2D eigenvalue weighted by Gasteiger charge is -2.28. The normalized spacial score (nSPS) is 11.5. The van der Waals surface area contributed by atoms with E-state index in [1.54, 1.807) is 0 Å². The second kappa shape index (κ2) is 11.9. The highest BCUT2D eigenvalue weighted by Gasteiger charge is 2.20. The molecule has 0 aliphatic heterocycles. The minimum Gasteiger partial charge on any atom is -0.456 e. The van der Waals surface area contributed by atoms with Gasteiger partial charge in [-0.2, -0.15) is 0 Å². The predicted octanol–water partition coefficient (Wildman–Crippen LogP) is 13.5. The minimum absolute atomic E-state index is 0.891. The van der Waals surface area contributed by atoms with Gasteiger partial charge in [0.1, 0.15) is 11.2 Å². The second-order valence-electron chi connectivity index (χ2n) is 12.9. The highest BCUT2D eigenvalue weighted by Crippen LogP contribution is 2.45. The maximum atomic E-state index is 6.30. The molecule has 2 aromatic heterocycles. The molecule has 0 saturated heterocycles. The summed E-state index contributed by atoms with van der Waals surface area (Å²) in [5, 5.41) is 4.78. The smallest absolute Gasteiger partial charge is 0.136 e. The van der Waals surface area contributed by atoms with Crippen LogP contribution in [0.1, 0.15) is 0 Å². The number of furan rings is 1. The average molecular weight is 653 g/mol. The van der Waals surface area contributed by atoms with Crippen molar-refractivity contribution in [1.82, 2.24) is 4.57 Å². The van der Waals surface area contributed by atoms with E-state index in [2.05, 4.69) is 191 Å². The quantitative estimate of drug-likeness (QED) is 0.178. The number of anilines is 3. The molecule has 51 heavy (non-hydrogen) atoms. The Balaban J connectivity index is 1.09. The van der Waals surface area contributed by atoms with Crippen LogP contribution >= 0.6 is 0 Å². The van der Waals surface area contributed by atoms with Crippen LogP contribution in [0.4, 0.5) is 17.1 Å². The van der Waals surface area contributed by atoms with Crippen LogP contribution in [0, 0.1) is 0 Å². The van der Waals surface area contributed by atoms with Crippen LogP contribution in [0.15, 0.2) is 199 Å². The first-order valence-electron chi connectivity index (χ1n) is 17.4. The molecule has 0 radical (unpaired) electrons. The Hall–Kier alpha value is -6.84. The standard InChI is InChI=1S/C48H32N2O/c1-2-15-35(16-3-1)49(43-23-8-6-20-40(43)41-22-13-27-47-48(41)42-21-7-11-26-46(42)51-47)36-30-28-33(29-31-36)34-14-12-17-37(32-34)50-44-24-9-4-18-38(44)39-19-5-10-25-45(39)50/h1-32H. The van der Waals surface area contributed by atoms with Crippen LogP contribution in [0.2, 0.25) is 0 Å². The number of rotatable bonds is 6. The summed E-state index contributed by atoms with van der Waals surface area (Å²) >= 11 is 0. The van der Waals surface area contributed by atoms with Crippen molar-refractivity contribution in [2.75, 3.05) is 4.90 Å². The molecule has 0 unspecified atom stereocenters. The van der Waals surface area contributed by atoms with Gasteiger partial charge in [-0.15, -0.1) is 0 Å². The summed E-state index contributed by atoms with van der Waals surface area (Å²) in [6, 6.07) is 69.1. The number of para-hydroxylation sites is 5. The van der Waals surface area contributed by atoms with Crippen LogP contribution in [-0.4, -0.2) is 4.57 Å².